The van der Waals surface area contributed by atoms with Crippen molar-refractivity contribution in [1.82, 2.24) is 0 Å². The second-order valence-corrected chi connectivity index (χ2v) is 40.7. The third-order valence-corrected chi connectivity index (χ3v) is 45.6. The van der Waals surface area contributed by atoms with Crippen LogP contribution in [0.15, 0.2) is 36.4 Å². The van der Waals surface area contributed by atoms with Gasteiger partial charge in [-0.25, -0.2) is 0 Å². The van der Waals surface area contributed by atoms with E-state index in [0.29, 0.717) is 0 Å². The fraction of sp³-hybridized carbons (Fsp3) is 0.786. The number of hydrogen-bond donors (Lipinski definition) is 0. The van der Waals surface area contributed by atoms with E-state index >= 15 is 0 Å². The summed E-state index contributed by atoms with van der Waals surface area (Å²) in [6.07, 6.45) is 40.6. The zero-order chi connectivity index (χ0) is 44.3. The quantitative estimate of drug-likeness (QED) is 0.0490. The maximum atomic E-state index is 8.59. The first-order chi connectivity index (χ1) is 29.9. The molecule has 0 bridgehead atoms. The van der Waals surface area contributed by atoms with E-state index < -0.39 is 38.4 Å². The summed E-state index contributed by atoms with van der Waals surface area (Å²) in [7, 11) is 0. The van der Waals surface area contributed by atoms with Crippen LogP contribution in [0, 0.1) is 0 Å². The van der Waals surface area contributed by atoms with E-state index in [9.17, 15) is 0 Å². The summed E-state index contributed by atoms with van der Waals surface area (Å²) in [5, 5.41) is 0. The van der Waals surface area contributed by atoms with Crippen LogP contribution in [0.3, 0.4) is 0 Å². The minimum atomic E-state index is -3.93. The molecule has 2 aromatic rings. The normalized spacial score (nSPS) is 12.1. The van der Waals surface area contributed by atoms with Crippen LogP contribution in [0.4, 0.5) is 0 Å². The van der Waals surface area contributed by atoms with Crippen LogP contribution in [0.1, 0.15) is 257 Å². The van der Waals surface area contributed by atoms with Gasteiger partial charge in [-0.05, 0) is 0 Å². The van der Waals surface area contributed by atoms with Crippen LogP contribution < -0.4 is 6.15 Å². The zero-order valence-electron chi connectivity index (χ0n) is 42.1. The molecule has 0 spiro atoms. The van der Waals surface area contributed by atoms with Gasteiger partial charge in [0.15, 0.2) is 0 Å². The first-order valence-corrected chi connectivity index (χ1v) is 39.9. The predicted molar refractivity (Wildman–Crippen MR) is 275 cm³/mol. The average Bonchev–Trinajstić information content (AvgIpc) is 3.25. The Morgan fingerprint density at radius 1 is 0.311 bits per heavy atom. The summed E-state index contributed by atoms with van der Waals surface area (Å²) < 4.78 is 29.4. The number of rotatable bonds is 42. The summed E-state index contributed by atoms with van der Waals surface area (Å²) in [5.41, 5.74) is 5.97. The Hall–Kier alpha value is -0.403. The number of hydrogen-bond acceptors (Lipinski definition) is 3. The van der Waals surface area contributed by atoms with Gasteiger partial charge in [0.05, 0.1) is 0 Å². The van der Waals surface area contributed by atoms with Crippen molar-refractivity contribution in [3.8, 4) is 11.5 Å². The monoisotopic (exact) mass is 1060 g/mol. The van der Waals surface area contributed by atoms with Crippen molar-refractivity contribution in [3.05, 3.63) is 58.7 Å². The second kappa shape index (κ2) is 36.8. The van der Waals surface area contributed by atoms with Crippen molar-refractivity contribution in [2.75, 3.05) is 0 Å². The molecule has 0 amide bonds. The maximum absolute atomic E-state index is 8.59. The Kier molecular flexibility index (Phi) is 34.2. The molecule has 3 nitrogen and oxygen atoms in total. The van der Waals surface area contributed by atoms with Gasteiger partial charge in [0.2, 0.25) is 0 Å². The summed E-state index contributed by atoms with van der Waals surface area (Å²) in [6, 6.07) is 14.1. The molecule has 0 fully saturated rings. The molecule has 2 rings (SSSR count). The third-order valence-electron chi connectivity index (χ3n) is 13.1. The van der Waals surface area contributed by atoms with Crippen molar-refractivity contribution < 1.29 is 7.56 Å². The number of benzene rings is 2. The molecule has 0 radical (unpaired) electrons. The molecule has 0 saturated heterocycles. The van der Waals surface area contributed by atoms with E-state index in [1.165, 1.54) is 218 Å². The van der Waals surface area contributed by atoms with E-state index in [1.807, 2.05) is 0 Å². The van der Waals surface area contributed by atoms with Crippen LogP contribution in [0.25, 0.3) is 0 Å². The molecule has 0 aromatic heterocycles. The van der Waals surface area contributed by atoms with E-state index in [1.54, 1.807) is 0 Å². The van der Waals surface area contributed by atoms with Crippen LogP contribution in [0.5, 0.6) is 11.5 Å². The van der Waals surface area contributed by atoms with Crippen molar-refractivity contribution in [2.24, 2.45) is 0 Å². The van der Waals surface area contributed by atoms with E-state index in [-0.39, 0.29) is 0 Å². The summed E-state index contributed by atoms with van der Waals surface area (Å²) in [4.78, 5) is 0. The van der Waals surface area contributed by atoms with Gasteiger partial charge in [-0.3, -0.25) is 0 Å². The molecule has 0 aliphatic rings. The SMILES string of the molecule is CCCCCCC[CH2][Sn]([CH2]CCCCCCC)([O]c1cccc(CCC)c1CCC)[O][Sn]([CH2]CCCCCCC)([CH2]CCCCCCC)[O]c1cccc(CCC)c1CCC. The van der Waals surface area contributed by atoms with Crippen LogP contribution >= 0.6 is 0 Å². The molecule has 0 N–H and O–H groups in total. The Bertz CT molecular complexity index is 1200. The molecule has 0 aliphatic heterocycles. The van der Waals surface area contributed by atoms with Gasteiger partial charge in [-0.2, -0.15) is 0 Å². The molecule has 0 atom stereocenters. The molecule has 5 heteroatoms. The number of unbranched alkanes of at least 4 members (excludes halogenated alkanes) is 20. The Balaban J connectivity index is 2.87. The molecule has 0 aliphatic carbocycles. The molecule has 0 unspecified atom stereocenters. The molecule has 0 heterocycles. The van der Waals surface area contributed by atoms with Crippen LogP contribution in [-0.4, -0.2) is 38.4 Å². The molecular formula is C56H102O3Sn2. The average molecular weight is 1060 g/mol. The Morgan fingerprint density at radius 3 is 0.869 bits per heavy atom. The van der Waals surface area contributed by atoms with Crippen molar-refractivity contribution in [1.29, 1.82) is 0 Å². The molecule has 0 saturated carbocycles. The van der Waals surface area contributed by atoms with Gasteiger partial charge in [-0.1, -0.05) is 0 Å². The van der Waals surface area contributed by atoms with Gasteiger partial charge in [0, 0.05) is 0 Å². The first kappa shape index (κ1) is 56.7. The summed E-state index contributed by atoms with van der Waals surface area (Å²) in [5.74, 6) is 2.38. The molecule has 2 aromatic carbocycles. The van der Waals surface area contributed by atoms with E-state index in [2.05, 4.69) is 91.8 Å². The molecule has 352 valence electrons. The molecular weight excluding hydrogens is 958 g/mol. The standard InChI is InChI=1S/2C12H18O.4C8H17.O.2Sn/c2*1-3-6-10-8-5-9-12(13)11(10)7-4-2;4*1-3-5-7-8-6-4-2;;;/h2*5,8-9,13H,3-4,6-7H2,1-2H3;4*1,3-8H2,2H3;;;/q;;;;;;;2*+1/p-2. The fourth-order valence-electron chi connectivity index (χ4n) is 9.63. The van der Waals surface area contributed by atoms with Gasteiger partial charge < -0.3 is 0 Å². The van der Waals surface area contributed by atoms with Gasteiger partial charge >= 0.3 is 395 Å². The zero-order valence-corrected chi connectivity index (χ0v) is 47.9. The van der Waals surface area contributed by atoms with E-state index in [0.717, 1.165) is 38.5 Å². The molecule has 61 heavy (non-hydrogen) atoms. The van der Waals surface area contributed by atoms with Crippen molar-refractivity contribution in [2.45, 2.75) is 279 Å². The second-order valence-electron chi connectivity index (χ2n) is 19.0. The third kappa shape index (κ3) is 23.6. The number of aryl methyl sites for hydroxylation is 2. The summed E-state index contributed by atoms with van der Waals surface area (Å²) >= 11 is -7.86. The van der Waals surface area contributed by atoms with Gasteiger partial charge in [0.25, 0.3) is 0 Å². The van der Waals surface area contributed by atoms with Gasteiger partial charge in [0.1, 0.15) is 0 Å². The van der Waals surface area contributed by atoms with Crippen LogP contribution in [-0.2, 0) is 27.1 Å². The van der Waals surface area contributed by atoms with Crippen molar-refractivity contribution in [3.63, 3.8) is 0 Å². The first-order valence-electron chi connectivity index (χ1n) is 27.2. The fourth-order valence-corrected chi connectivity index (χ4v) is 50.3. The Morgan fingerprint density at radius 2 is 0.590 bits per heavy atom. The van der Waals surface area contributed by atoms with E-state index in [4.69, 9.17) is 7.56 Å². The topological polar surface area (TPSA) is 27.7 Å². The predicted octanol–water partition coefficient (Wildman–Crippen LogP) is 19.3. The van der Waals surface area contributed by atoms with Gasteiger partial charge in [-0.15, -0.1) is 0 Å². The minimum absolute atomic E-state index is 1.09. The van der Waals surface area contributed by atoms with Crippen molar-refractivity contribution >= 4 is 38.4 Å². The summed E-state index contributed by atoms with van der Waals surface area (Å²) in [6.45, 7) is 18.7. The Labute approximate surface area is 391 Å². The van der Waals surface area contributed by atoms with Crippen LogP contribution in [0.2, 0.25) is 17.7 Å².